The summed E-state index contributed by atoms with van der Waals surface area (Å²) in [6, 6.07) is 0. The van der Waals surface area contributed by atoms with Gasteiger partial charge in [-0.05, 0) is 23.2 Å². The van der Waals surface area contributed by atoms with Crippen molar-refractivity contribution in [2.24, 2.45) is 0 Å². The molecule has 2 unspecified atom stereocenters. The Morgan fingerprint density at radius 3 is 1.20 bits per heavy atom. The molecule has 0 aliphatic rings. The highest BCUT2D eigenvalue weighted by atomic mass is 35.6. The molecule has 92 valence electrons. The van der Waals surface area contributed by atoms with Crippen LogP contribution in [-0.2, 0) is 4.74 Å². The summed E-state index contributed by atoms with van der Waals surface area (Å²) in [5.41, 5.74) is 0. The Balaban J connectivity index is 4.89. The lowest BCUT2D eigenvalue weighted by atomic mass is 10.6. The summed E-state index contributed by atoms with van der Waals surface area (Å²) in [5.74, 6) is 0. The highest BCUT2D eigenvalue weighted by Gasteiger charge is 2.64. The Labute approximate surface area is 105 Å². The molecule has 1 nitrogen and oxygen atoms in total. The zero-order valence-corrected chi connectivity index (χ0v) is 9.97. The minimum absolute atomic E-state index is 3.03. The SMILES string of the molecule is FC(F)(F)C(F)(Cl)OC(F)(Cl)C(Cl)(Cl)Cl. The van der Waals surface area contributed by atoms with E-state index in [1.807, 2.05) is 0 Å². The van der Waals surface area contributed by atoms with Crippen LogP contribution in [0.3, 0.4) is 0 Å². The van der Waals surface area contributed by atoms with Crippen LogP contribution in [0.2, 0.25) is 0 Å². The van der Waals surface area contributed by atoms with Crippen LogP contribution in [0.25, 0.3) is 0 Å². The fraction of sp³-hybridized carbons (Fsp3) is 1.00. The van der Waals surface area contributed by atoms with Gasteiger partial charge in [-0.15, -0.1) is 0 Å². The summed E-state index contributed by atoms with van der Waals surface area (Å²) in [6.45, 7) is 0. The van der Waals surface area contributed by atoms with Gasteiger partial charge in [0.25, 0.3) is 3.79 Å². The van der Waals surface area contributed by atoms with E-state index in [-0.39, 0.29) is 0 Å². The van der Waals surface area contributed by atoms with E-state index < -0.39 is 20.6 Å². The molecule has 0 heterocycles. The van der Waals surface area contributed by atoms with Crippen LogP contribution in [0, 0.1) is 0 Å². The smallest absolute Gasteiger partial charge is 0.272 e. The quantitative estimate of drug-likeness (QED) is 0.526. The molecule has 0 aromatic carbocycles. The molecular weight excluding hydrogens is 336 g/mol. The van der Waals surface area contributed by atoms with Crippen LogP contribution in [0.15, 0.2) is 0 Å². The summed E-state index contributed by atoms with van der Waals surface area (Å²) in [5, 5.41) is -8.99. The van der Waals surface area contributed by atoms with Crippen molar-refractivity contribution in [3.05, 3.63) is 0 Å². The number of alkyl halides is 10. The maximum atomic E-state index is 12.9. The fourth-order valence-corrected chi connectivity index (χ4v) is 0.645. The van der Waals surface area contributed by atoms with Gasteiger partial charge in [0.2, 0.25) is 0 Å². The van der Waals surface area contributed by atoms with Crippen molar-refractivity contribution in [3.8, 4) is 0 Å². The summed E-state index contributed by atoms with van der Waals surface area (Å²) in [6.07, 6.45) is -5.75. The number of halogens is 10. The third-order valence-corrected chi connectivity index (χ3v) is 2.59. The molecule has 15 heavy (non-hydrogen) atoms. The average Bonchev–Trinajstić information content (AvgIpc) is 1.77. The van der Waals surface area contributed by atoms with Gasteiger partial charge >= 0.3 is 16.8 Å². The maximum Gasteiger partial charge on any atom is 0.464 e. The highest BCUT2D eigenvalue weighted by molar-refractivity contribution is 6.70. The van der Waals surface area contributed by atoms with Crippen LogP contribution < -0.4 is 0 Å². The Hall–Kier alpha value is 1.06. The predicted octanol–water partition coefficient (Wildman–Crippen LogP) is 4.66. The molecule has 0 saturated carbocycles. The zero-order chi connectivity index (χ0) is 12.7. The summed E-state index contributed by atoms with van der Waals surface area (Å²) < 4.78 is 60.7. The van der Waals surface area contributed by atoms with Crippen LogP contribution in [0.4, 0.5) is 22.0 Å². The van der Waals surface area contributed by atoms with Crippen molar-refractivity contribution in [3.63, 3.8) is 0 Å². The van der Waals surface area contributed by atoms with Crippen LogP contribution in [0.1, 0.15) is 0 Å². The highest BCUT2D eigenvalue weighted by Crippen LogP contribution is 2.51. The van der Waals surface area contributed by atoms with Crippen LogP contribution >= 0.6 is 58.0 Å². The standard InChI is InChI=1S/C4Cl5F5O/c5-1(6,7)2(8,10)15-3(9,11)4(12,13)14. The molecular formula is C4Cl5F5O. The van der Waals surface area contributed by atoms with Gasteiger partial charge in [0.05, 0.1) is 0 Å². The van der Waals surface area contributed by atoms with Crippen LogP contribution in [0.5, 0.6) is 0 Å². The van der Waals surface area contributed by atoms with Gasteiger partial charge in [-0.25, -0.2) is 0 Å². The fourth-order valence-electron chi connectivity index (χ4n) is 0.277. The second-order valence-electron chi connectivity index (χ2n) is 2.13. The molecule has 0 bridgehead atoms. The van der Waals surface area contributed by atoms with Crippen molar-refractivity contribution >= 4 is 58.0 Å². The Morgan fingerprint density at radius 1 is 0.667 bits per heavy atom. The number of hydrogen-bond donors (Lipinski definition) is 0. The first-order valence-electron chi connectivity index (χ1n) is 2.80. The first kappa shape index (κ1) is 16.1. The van der Waals surface area contributed by atoms with Gasteiger partial charge < -0.3 is 0 Å². The molecule has 0 N–H and O–H groups in total. The lowest BCUT2D eigenvalue weighted by Crippen LogP contribution is -2.48. The molecule has 0 fully saturated rings. The molecule has 0 aliphatic heterocycles. The van der Waals surface area contributed by atoms with E-state index in [1.165, 1.54) is 0 Å². The molecule has 2 atom stereocenters. The molecule has 11 heteroatoms. The van der Waals surface area contributed by atoms with E-state index in [9.17, 15) is 22.0 Å². The van der Waals surface area contributed by atoms with E-state index in [2.05, 4.69) is 27.9 Å². The number of rotatable bonds is 2. The average molecular weight is 336 g/mol. The second kappa shape index (κ2) is 4.38. The third kappa shape index (κ3) is 4.09. The van der Waals surface area contributed by atoms with Crippen molar-refractivity contribution in [1.29, 1.82) is 0 Å². The van der Waals surface area contributed by atoms with E-state index in [4.69, 9.17) is 34.8 Å². The Kier molecular flexibility index (Phi) is 4.69. The summed E-state index contributed by atoms with van der Waals surface area (Å²) in [4.78, 5) is 0. The van der Waals surface area contributed by atoms with Gasteiger partial charge in [-0.1, -0.05) is 34.8 Å². The minimum Gasteiger partial charge on any atom is -0.272 e. The summed E-state index contributed by atoms with van der Waals surface area (Å²) in [7, 11) is 0. The molecule has 0 amide bonds. The van der Waals surface area contributed by atoms with E-state index in [0.717, 1.165) is 0 Å². The zero-order valence-electron chi connectivity index (χ0n) is 6.19. The third-order valence-electron chi connectivity index (χ3n) is 0.916. The second-order valence-corrected chi connectivity index (χ2v) is 5.38. The molecule has 0 radical (unpaired) electrons. The van der Waals surface area contributed by atoms with E-state index in [1.54, 1.807) is 0 Å². The number of hydrogen-bond acceptors (Lipinski definition) is 1. The molecule has 0 aliphatic carbocycles. The van der Waals surface area contributed by atoms with Gasteiger partial charge in [0, 0.05) is 0 Å². The van der Waals surface area contributed by atoms with Gasteiger partial charge in [-0.3, -0.25) is 4.74 Å². The molecule has 0 saturated heterocycles. The topological polar surface area (TPSA) is 9.23 Å². The van der Waals surface area contributed by atoms with Crippen molar-refractivity contribution < 1.29 is 26.7 Å². The first-order chi connectivity index (χ1) is 6.21. The Bertz CT molecular complexity index is 209. The maximum absolute atomic E-state index is 12.9. The monoisotopic (exact) mass is 334 g/mol. The van der Waals surface area contributed by atoms with Gasteiger partial charge in [0.15, 0.2) is 0 Å². The van der Waals surface area contributed by atoms with Crippen molar-refractivity contribution in [2.75, 3.05) is 0 Å². The van der Waals surface area contributed by atoms with Crippen molar-refractivity contribution in [2.45, 2.75) is 20.6 Å². The largest absolute Gasteiger partial charge is 0.464 e. The van der Waals surface area contributed by atoms with Gasteiger partial charge in [0.1, 0.15) is 0 Å². The normalized spacial score (nSPS) is 22.0. The van der Waals surface area contributed by atoms with Crippen molar-refractivity contribution in [1.82, 2.24) is 0 Å². The van der Waals surface area contributed by atoms with Gasteiger partial charge in [-0.2, -0.15) is 22.0 Å². The van der Waals surface area contributed by atoms with Crippen LogP contribution in [-0.4, -0.2) is 20.6 Å². The summed E-state index contributed by atoms with van der Waals surface area (Å²) >= 11 is 23.1. The number of ether oxygens (including phenoxy) is 1. The molecule has 0 aromatic rings. The molecule has 0 aromatic heterocycles. The lowest BCUT2D eigenvalue weighted by Gasteiger charge is -2.31. The molecule has 0 rings (SSSR count). The molecule has 0 spiro atoms. The van der Waals surface area contributed by atoms with E-state index in [0.29, 0.717) is 0 Å². The predicted molar refractivity (Wildman–Crippen MR) is 46.8 cm³/mol. The minimum atomic E-state index is -5.75. The first-order valence-corrected chi connectivity index (χ1v) is 4.69. The Morgan fingerprint density at radius 2 is 1.00 bits per heavy atom. The van der Waals surface area contributed by atoms with E-state index >= 15 is 0 Å². The lowest BCUT2D eigenvalue weighted by molar-refractivity contribution is -0.325.